The molecule has 0 spiro atoms. The van der Waals surface area contributed by atoms with E-state index in [1.807, 2.05) is 6.92 Å². The minimum Gasteiger partial charge on any atom is -0.494 e. The zero-order chi connectivity index (χ0) is 24.5. The number of halogens is 1. The summed E-state index contributed by atoms with van der Waals surface area (Å²) in [7, 11) is 0. The van der Waals surface area contributed by atoms with Crippen LogP contribution >= 0.6 is 11.6 Å². The van der Waals surface area contributed by atoms with Crippen molar-refractivity contribution in [3.8, 4) is 11.5 Å². The van der Waals surface area contributed by atoms with Crippen molar-refractivity contribution in [1.82, 2.24) is 5.43 Å². The highest BCUT2D eigenvalue weighted by Gasteiger charge is 2.14. The molecule has 0 fully saturated rings. The highest BCUT2D eigenvalue weighted by Crippen LogP contribution is 2.17. The molecule has 8 nitrogen and oxygen atoms in total. The van der Waals surface area contributed by atoms with Gasteiger partial charge in [-0.3, -0.25) is 9.59 Å². The van der Waals surface area contributed by atoms with E-state index in [-0.39, 0.29) is 0 Å². The van der Waals surface area contributed by atoms with Gasteiger partial charge in [0.2, 0.25) is 0 Å². The summed E-state index contributed by atoms with van der Waals surface area (Å²) >= 11 is 5.90. The lowest BCUT2D eigenvalue weighted by atomic mass is 10.1. The average Bonchev–Trinajstić information content (AvgIpc) is 2.84. The van der Waals surface area contributed by atoms with E-state index in [2.05, 4.69) is 15.8 Å². The second-order valence-electron chi connectivity index (χ2n) is 6.97. The summed E-state index contributed by atoms with van der Waals surface area (Å²) in [5.41, 5.74) is 4.12. The van der Waals surface area contributed by atoms with Gasteiger partial charge in [-0.25, -0.2) is 10.2 Å². The number of hydrazone groups is 1. The Morgan fingerprint density at radius 1 is 0.882 bits per heavy atom. The van der Waals surface area contributed by atoms with Gasteiger partial charge < -0.3 is 14.8 Å². The Kier molecular flexibility index (Phi) is 8.37. The fourth-order valence-electron chi connectivity index (χ4n) is 2.78. The topological polar surface area (TPSA) is 106 Å². The Morgan fingerprint density at radius 3 is 2.21 bits per heavy atom. The van der Waals surface area contributed by atoms with Gasteiger partial charge in [0.15, 0.2) is 0 Å². The molecular weight excluding hydrogens is 458 g/mol. The van der Waals surface area contributed by atoms with Gasteiger partial charge in [-0.2, -0.15) is 5.10 Å². The molecule has 3 aromatic carbocycles. The second kappa shape index (κ2) is 11.6. The Hall–Kier alpha value is -4.17. The molecule has 0 bridgehead atoms. The smallest absolute Gasteiger partial charge is 0.343 e. The number of carbonyl (C=O) groups excluding carboxylic acids is 3. The molecule has 0 atom stereocenters. The third-order valence-corrected chi connectivity index (χ3v) is 4.73. The number of amides is 2. The van der Waals surface area contributed by atoms with E-state index in [4.69, 9.17) is 21.1 Å². The molecule has 3 rings (SSSR count). The van der Waals surface area contributed by atoms with Crippen LogP contribution in [-0.2, 0) is 9.59 Å². The van der Waals surface area contributed by atoms with Gasteiger partial charge in [-0.1, -0.05) is 17.7 Å². The highest BCUT2D eigenvalue weighted by atomic mass is 35.5. The first kappa shape index (κ1) is 24.5. The average molecular weight is 480 g/mol. The number of hydrogen-bond acceptors (Lipinski definition) is 6. The molecule has 34 heavy (non-hydrogen) atoms. The quantitative estimate of drug-likeness (QED) is 0.171. The van der Waals surface area contributed by atoms with Gasteiger partial charge in [-0.15, -0.1) is 0 Å². The molecule has 0 heterocycles. The van der Waals surface area contributed by atoms with E-state index in [1.165, 1.54) is 6.07 Å². The van der Waals surface area contributed by atoms with Gasteiger partial charge in [-0.05, 0) is 86.1 Å². The molecule has 0 unspecified atom stereocenters. The van der Waals surface area contributed by atoms with E-state index in [0.29, 0.717) is 45.7 Å². The molecule has 2 amide bonds. The number of anilines is 1. The van der Waals surface area contributed by atoms with Gasteiger partial charge in [0.05, 0.1) is 17.9 Å². The van der Waals surface area contributed by atoms with Crippen molar-refractivity contribution in [2.45, 2.75) is 13.8 Å². The molecule has 2 N–H and O–H groups in total. The Labute approximate surface area is 201 Å². The van der Waals surface area contributed by atoms with Crippen molar-refractivity contribution in [2.24, 2.45) is 5.10 Å². The highest BCUT2D eigenvalue weighted by molar-refractivity contribution is 6.39. The Balaban J connectivity index is 1.54. The zero-order valence-corrected chi connectivity index (χ0v) is 19.3. The maximum absolute atomic E-state index is 12.2. The maximum Gasteiger partial charge on any atom is 0.343 e. The molecule has 0 saturated carbocycles. The first-order valence-corrected chi connectivity index (χ1v) is 10.7. The van der Waals surface area contributed by atoms with Crippen LogP contribution in [0, 0.1) is 0 Å². The minimum atomic E-state index is -0.916. The van der Waals surface area contributed by atoms with E-state index < -0.39 is 17.8 Å². The SMILES string of the molecule is CCOc1ccc(NC(=O)C(=O)NN=C(C)c2ccc(OC(=O)c3cccc(Cl)c3)cc2)cc1. The lowest BCUT2D eigenvalue weighted by Crippen LogP contribution is -2.32. The molecule has 174 valence electrons. The van der Waals surface area contributed by atoms with Crippen molar-refractivity contribution in [1.29, 1.82) is 0 Å². The normalized spacial score (nSPS) is 10.9. The summed E-state index contributed by atoms with van der Waals surface area (Å²) in [5, 5.41) is 6.88. The number of esters is 1. The van der Waals surface area contributed by atoms with E-state index in [1.54, 1.807) is 73.7 Å². The summed E-state index contributed by atoms with van der Waals surface area (Å²) in [5.74, 6) is -1.31. The molecule has 0 aliphatic carbocycles. The summed E-state index contributed by atoms with van der Waals surface area (Å²) < 4.78 is 10.7. The molecule has 0 aromatic heterocycles. The third-order valence-electron chi connectivity index (χ3n) is 4.50. The first-order chi connectivity index (χ1) is 16.4. The minimum absolute atomic E-state index is 0.334. The van der Waals surface area contributed by atoms with Gasteiger partial charge in [0, 0.05) is 10.7 Å². The Bertz CT molecular complexity index is 1210. The van der Waals surface area contributed by atoms with Crippen molar-refractivity contribution < 1.29 is 23.9 Å². The molecule has 3 aromatic rings. The van der Waals surface area contributed by atoms with Gasteiger partial charge in [0.25, 0.3) is 0 Å². The van der Waals surface area contributed by atoms with Crippen molar-refractivity contribution in [2.75, 3.05) is 11.9 Å². The zero-order valence-electron chi connectivity index (χ0n) is 18.5. The van der Waals surface area contributed by atoms with Gasteiger partial charge >= 0.3 is 17.8 Å². The first-order valence-electron chi connectivity index (χ1n) is 10.3. The van der Waals surface area contributed by atoms with Crippen LogP contribution in [0.15, 0.2) is 77.9 Å². The summed E-state index contributed by atoms with van der Waals surface area (Å²) in [4.78, 5) is 36.3. The molecule has 0 radical (unpaired) electrons. The van der Waals surface area contributed by atoms with Crippen LogP contribution in [0.5, 0.6) is 11.5 Å². The number of carbonyl (C=O) groups is 3. The number of nitrogens with one attached hydrogen (secondary N) is 2. The molecule has 0 saturated heterocycles. The van der Waals surface area contributed by atoms with Crippen LogP contribution in [0.2, 0.25) is 5.02 Å². The lowest BCUT2D eigenvalue weighted by molar-refractivity contribution is -0.136. The summed E-state index contributed by atoms with van der Waals surface area (Å²) in [6.45, 7) is 4.06. The van der Waals surface area contributed by atoms with Crippen LogP contribution in [0.4, 0.5) is 5.69 Å². The summed E-state index contributed by atoms with van der Waals surface area (Å²) in [6, 6.07) is 19.6. The number of hydrogen-bond donors (Lipinski definition) is 2. The molecule has 9 heteroatoms. The van der Waals surface area contributed by atoms with Crippen molar-refractivity contribution in [3.05, 3.63) is 88.9 Å². The molecular formula is C25H22ClN3O5. The number of benzene rings is 3. The fraction of sp³-hybridized carbons (Fsp3) is 0.120. The number of rotatable bonds is 7. The largest absolute Gasteiger partial charge is 0.494 e. The predicted octanol–water partition coefficient (Wildman–Crippen LogP) is 4.44. The monoisotopic (exact) mass is 479 g/mol. The van der Waals surface area contributed by atoms with E-state index in [9.17, 15) is 14.4 Å². The van der Waals surface area contributed by atoms with Gasteiger partial charge in [0.1, 0.15) is 11.5 Å². The van der Waals surface area contributed by atoms with Crippen LogP contribution in [0.1, 0.15) is 29.8 Å². The van der Waals surface area contributed by atoms with Crippen LogP contribution in [0.3, 0.4) is 0 Å². The molecule has 0 aliphatic heterocycles. The van der Waals surface area contributed by atoms with E-state index in [0.717, 1.165) is 0 Å². The van der Waals surface area contributed by atoms with Crippen molar-refractivity contribution >= 4 is 40.8 Å². The van der Waals surface area contributed by atoms with E-state index >= 15 is 0 Å². The van der Waals surface area contributed by atoms with Crippen LogP contribution < -0.4 is 20.2 Å². The Morgan fingerprint density at radius 2 is 1.56 bits per heavy atom. The van der Waals surface area contributed by atoms with Crippen LogP contribution in [-0.4, -0.2) is 30.1 Å². The predicted molar refractivity (Wildman–Crippen MR) is 129 cm³/mol. The molecule has 0 aliphatic rings. The number of ether oxygens (including phenoxy) is 2. The number of nitrogens with zero attached hydrogens (tertiary/aromatic N) is 1. The standard InChI is InChI=1S/C25H22ClN3O5/c1-3-33-21-13-9-20(10-14-21)27-23(30)24(31)29-28-16(2)17-7-11-22(12-8-17)34-25(32)18-5-4-6-19(26)15-18/h4-15H,3H2,1-2H3,(H,27,30)(H,29,31). The second-order valence-corrected chi connectivity index (χ2v) is 7.41. The van der Waals surface area contributed by atoms with Crippen LogP contribution in [0.25, 0.3) is 0 Å². The third kappa shape index (κ3) is 6.91. The fourth-order valence-corrected chi connectivity index (χ4v) is 2.97. The lowest BCUT2D eigenvalue weighted by Gasteiger charge is -2.07. The summed E-state index contributed by atoms with van der Waals surface area (Å²) in [6.07, 6.45) is 0. The van der Waals surface area contributed by atoms with Crippen molar-refractivity contribution in [3.63, 3.8) is 0 Å². The maximum atomic E-state index is 12.2.